The first-order chi connectivity index (χ1) is 13.6. The van der Waals surface area contributed by atoms with Crippen molar-refractivity contribution in [2.45, 2.75) is 16.1 Å². The van der Waals surface area contributed by atoms with Gasteiger partial charge >= 0.3 is 6.18 Å². The summed E-state index contributed by atoms with van der Waals surface area (Å²) >= 11 is 0. The van der Waals surface area contributed by atoms with E-state index < -0.39 is 37.1 Å². The molecule has 0 atom stereocenters. The minimum atomic E-state index is -4.60. The topological polar surface area (TPSA) is 106 Å². The Morgan fingerprint density at radius 3 is 2.41 bits per heavy atom. The quantitative estimate of drug-likeness (QED) is 0.542. The summed E-state index contributed by atoms with van der Waals surface area (Å²) in [5, 5.41) is 5.83. The van der Waals surface area contributed by atoms with E-state index in [9.17, 15) is 26.4 Å². The molecule has 8 nitrogen and oxygen atoms in total. The molecule has 29 heavy (non-hydrogen) atoms. The number of benzene rings is 2. The number of nitrogens with one attached hydrogen (secondary N) is 1. The van der Waals surface area contributed by atoms with Gasteiger partial charge in [0.15, 0.2) is 5.65 Å². The fraction of sp³-hybridized carbons (Fsp3) is 0.118. The number of hydrogen-bond acceptors (Lipinski definition) is 6. The van der Waals surface area contributed by atoms with Crippen molar-refractivity contribution in [3.8, 4) is 5.75 Å². The molecule has 2 aromatic carbocycles. The molecule has 0 unspecified atom stereocenters. The number of aromatic nitrogens is 4. The smallest absolute Gasteiger partial charge is 0.416 e. The second-order valence-electron chi connectivity index (χ2n) is 6.00. The first-order valence-corrected chi connectivity index (χ1v) is 9.48. The molecular formula is C17H11F3N4O4S. The predicted octanol–water partition coefficient (Wildman–Crippen LogP) is 2.43. The van der Waals surface area contributed by atoms with E-state index in [-0.39, 0.29) is 16.6 Å². The Hall–Kier alpha value is -3.41. The summed E-state index contributed by atoms with van der Waals surface area (Å²) in [6.07, 6.45) is -4.60. The standard InChI is InChI=1S/C17H11F3N4O4S/c1-28-10-4-7-12-13(8-10)24-14(21-15(12)25)16(22-23-24)29(26,27)11-5-2-9(3-6-11)17(18,19)20/h2-8,23H,1H3. The highest BCUT2D eigenvalue weighted by molar-refractivity contribution is 7.91. The largest absolute Gasteiger partial charge is 0.497 e. The Kier molecular flexibility index (Phi) is 4.12. The van der Waals surface area contributed by atoms with Crippen LogP contribution < -0.4 is 10.3 Å². The van der Waals surface area contributed by atoms with Crippen LogP contribution in [0.1, 0.15) is 5.56 Å². The number of halogens is 3. The van der Waals surface area contributed by atoms with Gasteiger partial charge in [-0.2, -0.15) is 18.2 Å². The van der Waals surface area contributed by atoms with Gasteiger partial charge in [0.2, 0.25) is 14.9 Å². The average molecular weight is 424 g/mol. The number of ether oxygens (including phenoxy) is 1. The van der Waals surface area contributed by atoms with E-state index in [4.69, 9.17) is 4.74 Å². The molecule has 4 rings (SSSR count). The lowest BCUT2D eigenvalue weighted by Gasteiger charge is -2.07. The van der Waals surface area contributed by atoms with Gasteiger partial charge in [0, 0.05) is 6.07 Å². The Morgan fingerprint density at radius 1 is 1.10 bits per heavy atom. The van der Waals surface area contributed by atoms with Gasteiger partial charge in [-0.25, -0.2) is 18.1 Å². The molecule has 0 saturated carbocycles. The van der Waals surface area contributed by atoms with Gasteiger partial charge in [-0.1, -0.05) is 0 Å². The molecule has 12 heteroatoms. The van der Waals surface area contributed by atoms with E-state index in [1.54, 1.807) is 6.07 Å². The van der Waals surface area contributed by atoms with Crippen molar-refractivity contribution >= 4 is 26.4 Å². The van der Waals surface area contributed by atoms with Gasteiger partial charge in [-0.15, -0.1) is 5.10 Å². The SMILES string of the molecule is COc1ccc2c(=O)nc3c(S(=O)(=O)c4ccc(C(F)(F)F)cc4)n[nH]n3c2c1. The molecule has 2 aromatic heterocycles. The van der Waals surface area contributed by atoms with Gasteiger partial charge in [0.25, 0.3) is 5.56 Å². The maximum Gasteiger partial charge on any atom is 0.416 e. The normalized spacial score (nSPS) is 12.6. The summed E-state index contributed by atoms with van der Waals surface area (Å²) in [6.45, 7) is 0. The molecule has 0 saturated heterocycles. The second kappa shape index (κ2) is 6.30. The lowest BCUT2D eigenvalue weighted by Crippen LogP contribution is -2.12. The number of nitrogens with zero attached hydrogens (tertiary/aromatic N) is 3. The first-order valence-electron chi connectivity index (χ1n) is 8.00. The molecule has 0 aliphatic heterocycles. The van der Waals surface area contributed by atoms with Crippen molar-refractivity contribution in [2.75, 3.05) is 7.11 Å². The highest BCUT2D eigenvalue weighted by Crippen LogP contribution is 2.31. The number of aromatic amines is 1. The van der Waals surface area contributed by atoms with Gasteiger partial charge in [0.05, 0.1) is 28.5 Å². The molecule has 0 aliphatic rings. The van der Waals surface area contributed by atoms with Gasteiger partial charge in [0.1, 0.15) is 5.75 Å². The number of hydrogen-bond donors (Lipinski definition) is 1. The number of methoxy groups -OCH3 is 1. The summed E-state index contributed by atoms with van der Waals surface area (Å²) in [4.78, 5) is 15.7. The molecule has 2 heterocycles. The van der Waals surface area contributed by atoms with E-state index in [0.717, 1.165) is 12.1 Å². The monoisotopic (exact) mass is 424 g/mol. The molecule has 0 bridgehead atoms. The zero-order chi connectivity index (χ0) is 21.0. The Balaban J connectivity index is 1.93. The van der Waals surface area contributed by atoms with Crippen molar-refractivity contribution < 1.29 is 26.3 Å². The fourth-order valence-corrected chi connectivity index (χ4v) is 4.09. The Morgan fingerprint density at radius 2 is 1.79 bits per heavy atom. The minimum Gasteiger partial charge on any atom is -0.497 e. The summed E-state index contributed by atoms with van der Waals surface area (Å²) in [5.41, 5.74) is -1.68. The number of rotatable bonds is 3. The van der Waals surface area contributed by atoms with Crippen LogP contribution in [-0.4, -0.2) is 35.3 Å². The third-order valence-corrected chi connectivity index (χ3v) is 5.96. The number of H-pyrrole nitrogens is 1. The second-order valence-corrected chi connectivity index (χ2v) is 7.87. The number of alkyl halides is 3. The molecule has 0 aliphatic carbocycles. The van der Waals surface area contributed by atoms with Crippen LogP contribution in [0.25, 0.3) is 16.6 Å². The maximum atomic E-state index is 12.9. The van der Waals surface area contributed by atoms with E-state index in [1.807, 2.05) is 0 Å². The summed E-state index contributed by atoms with van der Waals surface area (Å²) in [5.74, 6) is 0.415. The molecule has 4 aromatic rings. The van der Waals surface area contributed by atoms with Gasteiger partial charge in [-0.05, 0) is 36.4 Å². The van der Waals surface area contributed by atoms with Crippen molar-refractivity contribution in [3.05, 3.63) is 58.4 Å². The van der Waals surface area contributed by atoms with E-state index in [2.05, 4.69) is 15.3 Å². The van der Waals surface area contributed by atoms with Crippen LogP contribution in [0.2, 0.25) is 0 Å². The van der Waals surface area contributed by atoms with Crippen LogP contribution in [0.3, 0.4) is 0 Å². The zero-order valence-electron chi connectivity index (χ0n) is 14.6. The third kappa shape index (κ3) is 3.01. The zero-order valence-corrected chi connectivity index (χ0v) is 15.4. The first kappa shape index (κ1) is 18.9. The molecule has 1 N–H and O–H groups in total. The lowest BCUT2D eigenvalue weighted by molar-refractivity contribution is -0.137. The van der Waals surface area contributed by atoms with Gasteiger partial charge < -0.3 is 4.74 Å². The van der Waals surface area contributed by atoms with Crippen LogP contribution >= 0.6 is 0 Å². The molecule has 150 valence electrons. The average Bonchev–Trinajstić information content (AvgIpc) is 3.12. The van der Waals surface area contributed by atoms with E-state index >= 15 is 0 Å². The van der Waals surface area contributed by atoms with E-state index in [1.165, 1.54) is 23.8 Å². The highest BCUT2D eigenvalue weighted by atomic mass is 32.2. The number of fused-ring (bicyclic) bond motifs is 3. The van der Waals surface area contributed by atoms with Crippen LogP contribution in [0.4, 0.5) is 13.2 Å². The lowest BCUT2D eigenvalue weighted by atomic mass is 10.2. The Labute approximate surface area is 160 Å². The fourth-order valence-electron chi connectivity index (χ4n) is 2.83. The van der Waals surface area contributed by atoms with Crippen molar-refractivity contribution in [3.63, 3.8) is 0 Å². The Bertz CT molecular complexity index is 1410. The minimum absolute atomic E-state index is 0.199. The summed E-state index contributed by atoms with van der Waals surface area (Å²) in [6, 6.07) is 7.48. The summed E-state index contributed by atoms with van der Waals surface area (Å²) < 4.78 is 70.3. The van der Waals surface area contributed by atoms with Crippen molar-refractivity contribution in [2.24, 2.45) is 0 Å². The van der Waals surface area contributed by atoms with Crippen molar-refractivity contribution in [1.82, 2.24) is 19.8 Å². The molecule has 0 spiro atoms. The van der Waals surface area contributed by atoms with Crippen LogP contribution in [0, 0.1) is 0 Å². The van der Waals surface area contributed by atoms with Crippen LogP contribution in [-0.2, 0) is 16.0 Å². The molecule has 0 amide bonds. The predicted molar refractivity (Wildman–Crippen MR) is 94.6 cm³/mol. The van der Waals surface area contributed by atoms with Crippen LogP contribution in [0.5, 0.6) is 5.75 Å². The third-order valence-electron chi connectivity index (χ3n) is 4.28. The molecule has 0 radical (unpaired) electrons. The summed E-state index contributed by atoms with van der Waals surface area (Å²) in [7, 11) is -2.92. The van der Waals surface area contributed by atoms with Crippen molar-refractivity contribution in [1.29, 1.82) is 0 Å². The molecular weight excluding hydrogens is 413 g/mol. The highest BCUT2D eigenvalue weighted by Gasteiger charge is 2.32. The van der Waals surface area contributed by atoms with Crippen LogP contribution in [0.15, 0.2) is 57.2 Å². The van der Waals surface area contributed by atoms with Gasteiger partial charge in [-0.3, -0.25) is 4.79 Å². The molecule has 0 fully saturated rings. The number of sulfone groups is 1. The van der Waals surface area contributed by atoms with E-state index in [0.29, 0.717) is 17.9 Å². The maximum absolute atomic E-state index is 12.9.